The average molecular weight is 434 g/mol. The second kappa shape index (κ2) is 8.89. The lowest BCUT2D eigenvalue weighted by atomic mass is 9.52. The number of hydrogen-bond donors (Lipinski definition) is 2. The molecular weight excluding hydrogens is 401 g/mol. The van der Waals surface area contributed by atoms with Crippen LogP contribution in [0.1, 0.15) is 64.9 Å². The van der Waals surface area contributed by atoms with E-state index in [1.807, 2.05) is 24.3 Å². The van der Waals surface area contributed by atoms with Crippen molar-refractivity contribution in [2.75, 3.05) is 13.2 Å². The maximum Gasteiger partial charge on any atom is 0.407 e. The van der Waals surface area contributed by atoms with Crippen LogP contribution in [0.3, 0.4) is 0 Å². The fourth-order valence-electron chi connectivity index (χ4n) is 4.64. The summed E-state index contributed by atoms with van der Waals surface area (Å²) in [6.45, 7) is 5.28. The Bertz CT molecular complexity index is 816. The summed E-state index contributed by atoms with van der Waals surface area (Å²) >= 11 is 0. The van der Waals surface area contributed by atoms with Crippen LogP contribution in [-0.2, 0) is 14.9 Å². The van der Waals surface area contributed by atoms with E-state index in [1.54, 1.807) is 20.8 Å². The molecule has 3 fully saturated rings. The SMILES string of the molecule is CC(C)(C)OC(=O)NC/C(=C\F)COc1ccc(C23CCC(C(=O)O)(CC2)CC3)cc1. The molecule has 0 atom stereocenters. The fourth-order valence-corrected chi connectivity index (χ4v) is 4.64. The highest BCUT2D eigenvalue weighted by molar-refractivity contribution is 5.75. The Balaban J connectivity index is 1.52. The Hall–Kier alpha value is -2.57. The van der Waals surface area contributed by atoms with Crippen LogP contribution in [0.25, 0.3) is 0 Å². The van der Waals surface area contributed by atoms with Crippen LogP contribution in [0.2, 0.25) is 0 Å². The van der Waals surface area contributed by atoms with E-state index in [4.69, 9.17) is 9.47 Å². The van der Waals surface area contributed by atoms with Crippen molar-refractivity contribution in [3.63, 3.8) is 0 Å². The van der Waals surface area contributed by atoms with E-state index in [-0.39, 0.29) is 24.1 Å². The summed E-state index contributed by atoms with van der Waals surface area (Å²) < 4.78 is 24.0. The normalized spacial score (nSPS) is 25.7. The van der Waals surface area contributed by atoms with Crippen molar-refractivity contribution in [3.8, 4) is 5.75 Å². The molecular formula is C24H32FNO5. The summed E-state index contributed by atoms with van der Waals surface area (Å²) in [6, 6.07) is 7.81. The van der Waals surface area contributed by atoms with E-state index in [0.717, 1.165) is 38.5 Å². The van der Waals surface area contributed by atoms with Crippen LogP contribution >= 0.6 is 0 Å². The van der Waals surface area contributed by atoms with E-state index in [2.05, 4.69) is 5.32 Å². The Morgan fingerprint density at radius 3 is 2.16 bits per heavy atom. The number of rotatable bonds is 7. The molecule has 1 aromatic rings. The number of amides is 1. The van der Waals surface area contributed by atoms with Gasteiger partial charge in [-0.05, 0) is 82.4 Å². The van der Waals surface area contributed by atoms with Crippen molar-refractivity contribution in [2.45, 2.75) is 70.3 Å². The number of ether oxygens (including phenoxy) is 2. The molecule has 170 valence electrons. The monoisotopic (exact) mass is 433 g/mol. The van der Waals surface area contributed by atoms with Crippen molar-refractivity contribution in [3.05, 3.63) is 41.7 Å². The van der Waals surface area contributed by atoms with E-state index >= 15 is 0 Å². The first-order chi connectivity index (χ1) is 14.6. The van der Waals surface area contributed by atoms with Gasteiger partial charge in [-0.1, -0.05) is 12.1 Å². The molecule has 0 heterocycles. The lowest BCUT2D eigenvalue weighted by molar-refractivity contribution is -0.156. The molecule has 0 radical (unpaired) electrons. The van der Waals surface area contributed by atoms with Gasteiger partial charge in [0.15, 0.2) is 0 Å². The Labute approximate surface area is 182 Å². The third kappa shape index (κ3) is 5.38. The van der Waals surface area contributed by atoms with Crippen molar-refractivity contribution in [2.24, 2.45) is 5.41 Å². The lowest BCUT2D eigenvalue weighted by Crippen LogP contribution is -2.47. The zero-order valence-electron chi connectivity index (χ0n) is 18.5. The number of hydrogen-bond acceptors (Lipinski definition) is 4. The van der Waals surface area contributed by atoms with Crippen LogP contribution in [0.5, 0.6) is 5.75 Å². The van der Waals surface area contributed by atoms with Crippen molar-refractivity contribution in [1.29, 1.82) is 0 Å². The maximum atomic E-state index is 13.2. The quantitative estimate of drug-likeness (QED) is 0.623. The van der Waals surface area contributed by atoms with Gasteiger partial charge in [-0.3, -0.25) is 4.79 Å². The first-order valence-corrected chi connectivity index (χ1v) is 10.8. The summed E-state index contributed by atoms with van der Waals surface area (Å²) in [5.74, 6) is -0.0364. The van der Waals surface area contributed by atoms with E-state index in [0.29, 0.717) is 12.1 Å². The van der Waals surface area contributed by atoms with Gasteiger partial charge in [0, 0.05) is 12.1 Å². The second-order valence-electron chi connectivity index (χ2n) is 9.80. The van der Waals surface area contributed by atoms with Gasteiger partial charge in [0.25, 0.3) is 0 Å². The van der Waals surface area contributed by atoms with Crippen LogP contribution in [-0.4, -0.2) is 35.9 Å². The number of fused-ring (bicyclic) bond motifs is 3. The number of carboxylic acids is 1. The number of carbonyl (C=O) groups excluding carboxylic acids is 1. The molecule has 0 unspecified atom stereocenters. The van der Waals surface area contributed by atoms with Gasteiger partial charge in [0.2, 0.25) is 0 Å². The minimum atomic E-state index is -0.651. The molecule has 0 aromatic heterocycles. The van der Waals surface area contributed by atoms with Crippen molar-refractivity contribution >= 4 is 12.1 Å². The van der Waals surface area contributed by atoms with Crippen LogP contribution in [0.4, 0.5) is 9.18 Å². The molecule has 6 nitrogen and oxygen atoms in total. The Kier molecular flexibility index (Phi) is 6.62. The zero-order chi connectivity index (χ0) is 22.7. The van der Waals surface area contributed by atoms with Crippen LogP contribution in [0.15, 0.2) is 36.2 Å². The first-order valence-electron chi connectivity index (χ1n) is 10.8. The molecule has 3 aliphatic carbocycles. The molecule has 3 aliphatic rings. The number of carbonyl (C=O) groups is 2. The van der Waals surface area contributed by atoms with Crippen LogP contribution < -0.4 is 10.1 Å². The second-order valence-corrected chi connectivity index (χ2v) is 9.80. The van der Waals surface area contributed by atoms with Crippen molar-refractivity contribution < 1.29 is 28.6 Å². The molecule has 7 heteroatoms. The topological polar surface area (TPSA) is 84.9 Å². The first kappa shape index (κ1) is 23.1. The molecule has 2 N–H and O–H groups in total. The molecule has 3 saturated carbocycles. The van der Waals surface area contributed by atoms with Gasteiger partial charge in [-0.2, -0.15) is 0 Å². The van der Waals surface area contributed by atoms with E-state index < -0.39 is 23.1 Å². The summed E-state index contributed by atoms with van der Waals surface area (Å²) in [7, 11) is 0. The minimum Gasteiger partial charge on any atom is -0.489 e. The average Bonchev–Trinajstić information content (AvgIpc) is 2.74. The highest BCUT2D eigenvalue weighted by Gasteiger charge is 2.53. The third-order valence-electron chi connectivity index (χ3n) is 6.60. The predicted octanol–water partition coefficient (Wildman–Crippen LogP) is 5.12. The number of alkyl carbamates (subject to hydrolysis) is 1. The fraction of sp³-hybridized carbons (Fsp3) is 0.583. The molecule has 0 aliphatic heterocycles. The molecule has 4 rings (SSSR count). The summed E-state index contributed by atoms with van der Waals surface area (Å²) in [5, 5.41) is 12.1. The zero-order valence-corrected chi connectivity index (χ0v) is 18.5. The summed E-state index contributed by atoms with van der Waals surface area (Å²) in [4.78, 5) is 23.3. The summed E-state index contributed by atoms with van der Waals surface area (Å²) in [5.41, 5.74) is 0.418. The standard InChI is InChI=1S/C24H32FNO5/c1-22(2,3)31-21(29)26-15-17(14-25)16-30-19-6-4-18(5-7-19)23-8-11-24(12-9-23,13-10-23)20(27)28/h4-7,14H,8-13,15-16H2,1-3H3,(H,26,29)(H,27,28)/b17-14+. The highest BCUT2D eigenvalue weighted by atomic mass is 19.1. The largest absolute Gasteiger partial charge is 0.489 e. The van der Waals surface area contributed by atoms with E-state index in [1.165, 1.54) is 5.56 Å². The molecule has 2 bridgehead atoms. The smallest absolute Gasteiger partial charge is 0.407 e. The Morgan fingerprint density at radius 1 is 1.10 bits per heavy atom. The number of halogens is 1. The third-order valence-corrected chi connectivity index (χ3v) is 6.60. The molecule has 1 aromatic carbocycles. The number of aliphatic carboxylic acids is 1. The molecule has 0 spiro atoms. The lowest BCUT2D eigenvalue weighted by Gasteiger charge is -2.51. The Morgan fingerprint density at radius 2 is 1.68 bits per heavy atom. The minimum absolute atomic E-state index is 0.00205. The van der Waals surface area contributed by atoms with Gasteiger partial charge >= 0.3 is 12.1 Å². The van der Waals surface area contributed by atoms with Crippen LogP contribution in [0, 0.1) is 5.41 Å². The highest BCUT2D eigenvalue weighted by Crippen LogP contribution is 2.57. The van der Waals surface area contributed by atoms with E-state index in [9.17, 15) is 19.1 Å². The van der Waals surface area contributed by atoms with Crippen molar-refractivity contribution in [1.82, 2.24) is 5.32 Å². The maximum absolute atomic E-state index is 13.2. The van der Waals surface area contributed by atoms with Gasteiger partial charge in [-0.25, -0.2) is 9.18 Å². The predicted molar refractivity (Wildman–Crippen MR) is 115 cm³/mol. The van der Waals surface area contributed by atoms with Gasteiger partial charge in [0.05, 0.1) is 11.7 Å². The molecule has 0 saturated heterocycles. The number of nitrogens with one attached hydrogen (secondary N) is 1. The van der Waals surface area contributed by atoms with Gasteiger partial charge in [-0.15, -0.1) is 0 Å². The summed E-state index contributed by atoms with van der Waals surface area (Å²) in [6.07, 6.45) is 4.70. The molecule has 1 amide bonds. The molecule has 31 heavy (non-hydrogen) atoms. The number of carboxylic acid groups (broad SMARTS) is 1. The number of benzene rings is 1. The van der Waals surface area contributed by atoms with Gasteiger partial charge in [0.1, 0.15) is 18.0 Å². The van der Waals surface area contributed by atoms with Gasteiger partial charge < -0.3 is 19.9 Å².